The van der Waals surface area contributed by atoms with Crippen LogP contribution in [0.15, 0.2) is 0 Å². The summed E-state index contributed by atoms with van der Waals surface area (Å²) in [6.07, 6.45) is 3.90. The maximum Gasteiger partial charge on any atom is 0.0606 e. The van der Waals surface area contributed by atoms with Gasteiger partial charge in [-0.25, -0.2) is 0 Å². The molecule has 0 amide bonds. The molecule has 2 bridgehead atoms. The Kier molecular flexibility index (Phi) is 1.17. The summed E-state index contributed by atoms with van der Waals surface area (Å²) in [7, 11) is 0. The molecule has 0 aromatic rings. The summed E-state index contributed by atoms with van der Waals surface area (Å²) < 4.78 is 0. The van der Waals surface area contributed by atoms with E-state index in [1.807, 2.05) is 0 Å². The first-order valence-corrected chi connectivity index (χ1v) is 4.32. The lowest BCUT2D eigenvalue weighted by Crippen LogP contribution is -2.59. The molecule has 3 aliphatic carbocycles. The summed E-state index contributed by atoms with van der Waals surface area (Å²) in [5.41, 5.74) is 0.456. The van der Waals surface area contributed by atoms with Gasteiger partial charge in [0, 0.05) is 0 Å². The lowest BCUT2D eigenvalue weighted by molar-refractivity contribution is -0.184. The zero-order chi connectivity index (χ0) is 7.35. The minimum Gasteiger partial charge on any atom is -0.393 e. The second-order valence-electron chi connectivity index (χ2n) is 4.46. The van der Waals surface area contributed by atoms with E-state index in [1.165, 1.54) is 19.3 Å². The minimum atomic E-state index is 0.0451. The van der Waals surface area contributed by atoms with Crippen molar-refractivity contribution in [3.63, 3.8) is 0 Å². The predicted octanol–water partition coefficient (Wildman–Crippen LogP) is 1.80. The van der Waals surface area contributed by atoms with Crippen LogP contribution in [-0.4, -0.2) is 11.2 Å². The first kappa shape index (κ1) is 6.66. The van der Waals surface area contributed by atoms with Gasteiger partial charge in [-0.1, -0.05) is 20.3 Å². The zero-order valence-electron chi connectivity index (χ0n) is 6.80. The van der Waals surface area contributed by atoms with Crippen molar-refractivity contribution in [2.75, 3.05) is 0 Å². The van der Waals surface area contributed by atoms with Gasteiger partial charge in [0.2, 0.25) is 0 Å². The molecule has 3 rings (SSSR count). The van der Waals surface area contributed by atoms with Gasteiger partial charge in [-0.05, 0) is 30.1 Å². The molecule has 0 aromatic carbocycles. The third-order valence-electron chi connectivity index (χ3n) is 3.77. The fraction of sp³-hybridized carbons (Fsp3) is 1.00. The molecule has 3 fully saturated rings. The molecular weight excluding hydrogens is 124 g/mol. The highest BCUT2D eigenvalue weighted by Crippen LogP contribution is 2.58. The van der Waals surface area contributed by atoms with E-state index in [-0.39, 0.29) is 6.10 Å². The van der Waals surface area contributed by atoms with Gasteiger partial charge in [0.1, 0.15) is 0 Å². The van der Waals surface area contributed by atoms with Crippen LogP contribution in [0.1, 0.15) is 33.1 Å². The molecule has 3 atom stereocenters. The number of fused-ring (bicyclic) bond motifs is 2. The van der Waals surface area contributed by atoms with Crippen molar-refractivity contribution in [3.8, 4) is 0 Å². The Bertz CT molecular complexity index is 137. The smallest absolute Gasteiger partial charge is 0.0606 e. The highest BCUT2D eigenvalue weighted by atomic mass is 16.3. The van der Waals surface area contributed by atoms with Crippen LogP contribution in [0.2, 0.25) is 0 Å². The number of aliphatic hydroxyl groups is 1. The van der Waals surface area contributed by atoms with Crippen LogP contribution in [0, 0.1) is 17.3 Å². The molecule has 0 aromatic heterocycles. The Balaban J connectivity index is 2.18. The van der Waals surface area contributed by atoms with E-state index in [1.54, 1.807) is 0 Å². The van der Waals surface area contributed by atoms with Gasteiger partial charge < -0.3 is 5.11 Å². The van der Waals surface area contributed by atoms with E-state index < -0.39 is 0 Å². The molecule has 1 nitrogen and oxygen atoms in total. The Hall–Kier alpha value is -0.0400. The molecule has 0 spiro atoms. The number of aliphatic hydroxyl groups excluding tert-OH is 1. The molecule has 1 heteroatoms. The fourth-order valence-corrected chi connectivity index (χ4v) is 2.96. The maximum atomic E-state index is 9.56. The molecule has 0 radical (unpaired) electrons. The molecule has 58 valence electrons. The van der Waals surface area contributed by atoms with Crippen molar-refractivity contribution in [2.45, 2.75) is 39.2 Å². The SMILES string of the molecule is CC1(C)[C@@H]2CCC[C@H]1C2O. The highest BCUT2D eigenvalue weighted by Gasteiger charge is 2.56. The average molecular weight is 140 g/mol. The van der Waals surface area contributed by atoms with Crippen molar-refractivity contribution in [3.05, 3.63) is 0 Å². The Morgan fingerprint density at radius 1 is 1.20 bits per heavy atom. The van der Waals surface area contributed by atoms with Crippen LogP contribution in [0.4, 0.5) is 0 Å². The molecule has 0 saturated heterocycles. The summed E-state index contributed by atoms with van der Waals surface area (Å²) in [4.78, 5) is 0. The van der Waals surface area contributed by atoms with Gasteiger partial charge in [-0.3, -0.25) is 0 Å². The highest BCUT2D eigenvalue weighted by molar-refractivity contribution is 5.06. The van der Waals surface area contributed by atoms with Crippen molar-refractivity contribution >= 4 is 0 Å². The van der Waals surface area contributed by atoms with Crippen LogP contribution in [-0.2, 0) is 0 Å². The molecule has 1 unspecified atom stereocenters. The second-order valence-corrected chi connectivity index (χ2v) is 4.46. The first-order chi connectivity index (χ1) is 4.64. The van der Waals surface area contributed by atoms with Crippen molar-refractivity contribution in [1.82, 2.24) is 0 Å². The topological polar surface area (TPSA) is 20.2 Å². The van der Waals surface area contributed by atoms with Crippen LogP contribution in [0.5, 0.6) is 0 Å². The van der Waals surface area contributed by atoms with Crippen molar-refractivity contribution in [1.29, 1.82) is 0 Å². The van der Waals surface area contributed by atoms with Gasteiger partial charge in [0.05, 0.1) is 6.10 Å². The maximum absolute atomic E-state index is 9.56. The standard InChI is InChI=1S/C9H16O/c1-9(2)6-4-3-5-7(9)8(6)10/h6-8,10H,3-5H2,1-2H3/t6-,7+,8?. The number of hydrogen-bond acceptors (Lipinski definition) is 1. The van der Waals surface area contributed by atoms with E-state index in [0.717, 1.165) is 0 Å². The van der Waals surface area contributed by atoms with Gasteiger partial charge in [-0.15, -0.1) is 0 Å². The summed E-state index contributed by atoms with van der Waals surface area (Å²) >= 11 is 0. The Morgan fingerprint density at radius 2 is 1.70 bits per heavy atom. The normalized spacial score (nSPS) is 50.1. The quantitative estimate of drug-likeness (QED) is 0.544. The van der Waals surface area contributed by atoms with Gasteiger partial charge in [-0.2, -0.15) is 0 Å². The number of hydrogen-bond donors (Lipinski definition) is 1. The summed E-state index contributed by atoms with van der Waals surface area (Å²) in [5, 5.41) is 9.56. The summed E-state index contributed by atoms with van der Waals surface area (Å²) in [6, 6.07) is 0. The van der Waals surface area contributed by atoms with Crippen molar-refractivity contribution < 1.29 is 5.11 Å². The largest absolute Gasteiger partial charge is 0.393 e. The third-order valence-corrected chi connectivity index (χ3v) is 3.77. The summed E-state index contributed by atoms with van der Waals surface area (Å²) in [6.45, 7) is 4.60. The van der Waals surface area contributed by atoms with Crippen LogP contribution >= 0.6 is 0 Å². The fourth-order valence-electron chi connectivity index (χ4n) is 2.96. The Labute approximate surface area is 62.4 Å². The van der Waals surface area contributed by atoms with Gasteiger partial charge in [0.15, 0.2) is 0 Å². The molecule has 10 heavy (non-hydrogen) atoms. The van der Waals surface area contributed by atoms with E-state index in [2.05, 4.69) is 13.8 Å². The van der Waals surface area contributed by atoms with Gasteiger partial charge >= 0.3 is 0 Å². The lowest BCUT2D eigenvalue weighted by atomic mass is 9.47. The zero-order valence-corrected chi connectivity index (χ0v) is 6.80. The average Bonchev–Trinajstić information content (AvgIpc) is 1.88. The molecular formula is C9H16O. The predicted molar refractivity (Wildman–Crippen MR) is 40.6 cm³/mol. The van der Waals surface area contributed by atoms with E-state index in [9.17, 15) is 5.11 Å². The van der Waals surface area contributed by atoms with Crippen LogP contribution < -0.4 is 0 Å². The van der Waals surface area contributed by atoms with Crippen molar-refractivity contribution in [2.24, 2.45) is 17.3 Å². The first-order valence-electron chi connectivity index (χ1n) is 4.32. The lowest BCUT2D eigenvalue weighted by Gasteiger charge is -2.60. The Morgan fingerprint density at radius 3 is 1.90 bits per heavy atom. The van der Waals surface area contributed by atoms with E-state index >= 15 is 0 Å². The van der Waals surface area contributed by atoms with E-state index in [4.69, 9.17) is 0 Å². The molecule has 0 aliphatic heterocycles. The third kappa shape index (κ3) is 0.572. The second kappa shape index (κ2) is 1.76. The number of rotatable bonds is 0. The van der Waals surface area contributed by atoms with E-state index in [0.29, 0.717) is 17.3 Å². The van der Waals surface area contributed by atoms with Crippen LogP contribution in [0.3, 0.4) is 0 Å². The minimum absolute atomic E-state index is 0.0451. The monoisotopic (exact) mass is 140 g/mol. The summed E-state index contributed by atoms with van der Waals surface area (Å²) in [5.74, 6) is 1.23. The van der Waals surface area contributed by atoms with Crippen LogP contribution in [0.25, 0.3) is 0 Å². The molecule has 3 saturated carbocycles. The van der Waals surface area contributed by atoms with Gasteiger partial charge in [0.25, 0.3) is 0 Å². The molecule has 3 aliphatic rings. The molecule has 0 heterocycles. The molecule has 1 N–H and O–H groups in total.